The number of rotatable bonds is 1. The Kier molecular flexibility index (Phi) is 2.87. The van der Waals surface area contributed by atoms with Gasteiger partial charge in [0, 0.05) is 6.42 Å². The highest BCUT2D eigenvalue weighted by Gasteiger charge is 2.38. The Morgan fingerprint density at radius 3 is 2.50 bits per heavy atom. The zero-order chi connectivity index (χ0) is 10.9. The van der Waals surface area contributed by atoms with Crippen LogP contribution in [0.4, 0.5) is 13.2 Å². The van der Waals surface area contributed by atoms with E-state index in [1.165, 1.54) is 0 Å². The fraction of sp³-hybridized carbons (Fsp3) is 0.667. The van der Waals surface area contributed by atoms with E-state index in [1.54, 1.807) is 13.8 Å². The summed E-state index contributed by atoms with van der Waals surface area (Å²) in [6.07, 6.45) is -3.22. The van der Waals surface area contributed by atoms with Crippen molar-refractivity contribution in [3.8, 4) is 0 Å². The zero-order valence-electron chi connectivity index (χ0n) is 7.98. The number of carbonyl (C=O) groups is 1. The molecule has 5 heteroatoms. The van der Waals surface area contributed by atoms with E-state index in [4.69, 9.17) is 0 Å². The molecule has 0 unspecified atom stereocenters. The van der Waals surface area contributed by atoms with Gasteiger partial charge in [0.25, 0.3) is 0 Å². The van der Waals surface area contributed by atoms with Crippen LogP contribution in [0.25, 0.3) is 0 Å². The molecule has 0 fully saturated rings. The van der Waals surface area contributed by atoms with Crippen molar-refractivity contribution in [1.82, 2.24) is 5.32 Å². The lowest BCUT2D eigenvalue weighted by Crippen LogP contribution is -2.37. The Morgan fingerprint density at radius 2 is 2.07 bits per heavy atom. The Bertz CT molecular complexity index is 268. The van der Waals surface area contributed by atoms with Crippen molar-refractivity contribution in [3.05, 3.63) is 11.8 Å². The number of hydrogen-bond donors (Lipinski definition) is 1. The summed E-state index contributed by atoms with van der Waals surface area (Å²) in [7, 11) is 0. The summed E-state index contributed by atoms with van der Waals surface area (Å²) in [5, 5.41) is 1.84. The fourth-order valence-corrected chi connectivity index (χ4v) is 1.32. The molecule has 0 aromatic carbocycles. The predicted molar refractivity (Wildman–Crippen MR) is 45.2 cm³/mol. The Labute approximate surface area is 80.2 Å². The second-order valence-electron chi connectivity index (χ2n) is 3.74. The van der Waals surface area contributed by atoms with Crippen molar-refractivity contribution in [1.29, 1.82) is 0 Å². The van der Waals surface area contributed by atoms with Gasteiger partial charge in [-0.2, -0.15) is 13.2 Å². The minimum atomic E-state index is -4.46. The number of amides is 1. The first-order valence-electron chi connectivity index (χ1n) is 4.39. The SMILES string of the molecule is CC(C)[C@@H]1C=C(C(F)(F)F)NC(=O)C1. The summed E-state index contributed by atoms with van der Waals surface area (Å²) in [5.74, 6) is -0.836. The molecule has 1 atom stereocenters. The van der Waals surface area contributed by atoms with E-state index in [-0.39, 0.29) is 18.3 Å². The molecule has 80 valence electrons. The average Bonchev–Trinajstić information content (AvgIpc) is 2.01. The topological polar surface area (TPSA) is 29.1 Å². The summed E-state index contributed by atoms with van der Waals surface area (Å²) < 4.78 is 36.8. The fourth-order valence-electron chi connectivity index (χ4n) is 1.32. The van der Waals surface area contributed by atoms with Gasteiger partial charge in [-0.1, -0.05) is 19.9 Å². The van der Waals surface area contributed by atoms with Gasteiger partial charge in [0.15, 0.2) is 0 Å². The second-order valence-corrected chi connectivity index (χ2v) is 3.74. The summed E-state index contributed by atoms with van der Waals surface area (Å²) in [6.45, 7) is 3.60. The van der Waals surface area contributed by atoms with Crippen molar-refractivity contribution in [2.24, 2.45) is 11.8 Å². The minimum Gasteiger partial charge on any atom is -0.322 e. The van der Waals surface area contributed by atoms with E-state index in [0.717, 1.165) is 6.08 Å². The molecule has 0 saturated carbocycles. The van der Waals surface area contributed by atoms with Gasteiger partial charge >= 0.3 is 6.18 Å². The van der Waals surface area contributed by atoms with E-state index in [1.807, 2.05) is 5.32 Å². The minimum absolute atomic E-state index is 0.0402. The number of halogens is 3. The molecule has 1 aliphatic heterocycles. The van der Waals surface area contributed by atoms with Gasteiger partial charge in [-0.05, 0) is 11.8 Å². The van der Waals surface area contributed by atoms with Crippen LogP contribution in [0.1, 0.15) is 20.3 Å². The molecule has 0 bridgehead atoms. The maximum atomic E-state index is 12.3. The first-order chi connectivity index (χ1) is 6.30. The van der Waals surface area contributed by atoms with Gasteiger partial charge in [-0.3, -0.25) is 4.79 Å². The lowest BCUT2D eigenvalue weighted by atomic mass is 9.89. The number of allylic oxidation sites excluding steroid dienone is 2. The van der Waals surface area contributed by atoms with Crippen LogP contribution in [0.3, 0.4) is 0 Å². The highest BCUT2D eigenvalue weighted by molar-refractivity contribution is 5.79. The first kappa shape index (κ1) is 11.1. The normalized spacial score (nSPS) is 23.4. The van der Waals surface area contributed by atoms with Gasteiger partial charge < -0.3 is 5.32 Å². The maximum absolute atomic E-state index is 12.3. The van der Waals surface area contributed by atoms with E-state index in [2.05, 4.69) is 0 Å². The van der Waals surface area contributed by atoms with E-state index in [0.29, 0.717) is 0 Å². The summed E-state index contributed by atoms with van der Waals surface area (Å²) >= 11 is 0. The molecule has 0 aromatic heterocycles. The molecule has 0 saturated heterocycles. The molecule has 1 N–H and O–H groups in total. The Hall–Kier alpha value is -1.00. The quantitative estimate of drug-likeness (QED) is 0.701. The van der Waals surface area contributed by atoms with Crippen LogP contribution in [0.2, 0.25) is 0 Å². The molecule has 14 heavy (non-hydrogen) atoms. The Balaban J connectivity index is 2.90. The molecule has 0 aromatic rings. The van der Waals surface area contributed by atoms with E-state index < -0.39 is 17.8 Å². The summed E-state index contributed by atoms with van der Waals surface area (Å²) in [5.41, 5.74) is -0.924. The van der Waals surface area contributed by atoms with Gasteiger partial charge in [0.1, 0.15) is 5.70 Å². The van der Waals surface area contributed by atoms with Gasteiger partial charge in [-0.25, -0.2) is 0 Å². The standard InChI is InChI=1S/C9H12F3NO/c1-5(2)6-3-7(9(10,11)12)13-8(14)4-6/h3,5-6H,4H2,1-2H3,(H,13,14)/t6-/m1/s1. The molecular weight excluding hydrogens is 195 g/mol. The molecule has 1 amide bonds. The van der Waals surface area contributed by atoms with Crippen molar-refractivity contribution >= 4 is 5.91 Å². The maximum Gasteiger partial charge on any atom is 0.431 e. The zero-order valence-corrected chi connectivity index (χ0v) is 7.98. The molecule has 2 nitrogen and oxygen atoms in total. The van der Waals surface area contributed by atoms with Crippen LogP contribution in [0.15, 0.2) is 11.8 Å². The largest absolute Gasteiger partial charge is 0.431 e. The van der Waals surface area contributed by atoms with Crippen LogP contribution in [-0.2, 0) is 4.79 Å². The van der Waals surface area contributed by atoms with Crippen molar-refractivity contribution in [3.63, 3.8) is 0 Å². The Morgan fingerprint density at radius 1 is 1.50 bits per heavy atom. The molecule has 1 heterocycles. The molecular formula is C9H12F3NO. The number of alkyl halides is 3. The lowest BCUT2D eigenvalue weighted by molar-refractivity contribution is -0.129. The summed E-state index contributed by atoms with van der Waals surface area (Å²) in [4.78, 5) is 11.0. The van der Waals surface area contributed by atoms with Crippen molar-refractivity contribution < 1.29 is 18.0 Å². The summed E-state index contributed by atoms with van der Waals surface area (Å²) in [6, 6.07) is 0. The first-order valence-corrected chi connectivity index (χ1v) is 4.39. The monoisotopic (exact) mass is 207 g/mol. The van der Waals surface area contributed by atoms with Crippen LogP contribution in [-0.4, -0.2) is 12.1 Å². The highest BCUT2D eigenvalue weighted by atomic mass is 19.4. The second kappa shape index (κ2) is 3.63. The van der Waals surface area contributed by atoms with E-state index in [9.17, 15) is 18.0 Å². The number of nitrogens with one attached hydrogen (secondary N) is 1. The molecule has 1 rings (SSSR count). The van der Waals surface area contributed by atoms with Gasteiger partial charge in [0.2, 0.25) is 5.91 Å². The van der Waals surface area contributed by atoms with E-state index >= 15 is 0 Å². The van der Waals surface area contributed by atoms with Crippen LogP contribution < -0.4 is 5.32 Å². The van der Waals surface area contributed by atoms with Crippen molar-refractivity contribution in [2.75, 3.05) is 0 Å². The predicted octanol–water partition coefficient (Wildman–Crippen LogP) is 2.22. The molecule has 1 aliphatic rings. The third-order valence-electron chi connectivity index (χ3n) is 2.24. The third kappa shape index (κ3) is 2.49. The third-order valence-corrected chi connectivity index (χ3v) is 2.24. The highest BCUT2D eigenvalue weighted by Crippen LogP contribution is 2.30. The lowest BCUT2D eigenvalue weighted by Gasteiger charge is -2.25. The smallest absolute Gasteiger partial charge is 0.322 e. The average molecular weight is 207 g/mol. The van der Waals surface area contributed by atoms with Crippen molar-refractivity contribution in [2.45, 2.75) is 26.4 Å². The molecule has 0 aliphatic carbocycles. The van der Waals surface area contributed by atoms with Gasteiger partial charge in [0.05, 0.1) is 0 Å². The van der Waals surface area contributed by atoms with Crippen LogP contribution in [0.5, 0.6) is 0 Å². The molecule has 0 spiro atoms. The number of hydrogen-bond acceptors (Lipinski definition) is 1. The van der Waals surface area contributed by atoms with Crippen LogP contribution >= 0.6 is 0 Å². The number of carbonyl (C=O) groups excluding carboxylic acids is 1. The van der Waals surface area contributed by atoms with Crippen LogP contribution in [0, 0.1) is 11.8 Å². The molecule has 0 radical (unpaired) electrons. The van der Waals surface area contributed by atoms with Gasteiger partial charge in [-0.15, -0.1) is 0 Å².